The number of thiazole rings is 1. The number of nitrogens with one attached hydrogen (secondary N) is 1. The molecule has 1 atom stereocenters. The molecule has 0 aliphatic heterocycles. The van der Waals surface area contributed by atoms with Crippen LogP contribution in [-0.2, 0) is 0 Å². The van der Waals surface area contributed by atoms with Crippen molar-refractivity contribution in [3.05, 3.63) is 59.4 Å². The van der Waals surface area contributed by atoms with E-state index in [-0.39, 0.29) is 11.9 Å². The fourth-order valence-electron chi connectivity index (χ4n) is 2.30. The van der Waals surface area contributed by atoms with Crippen molar-refractivity contribution in [2.24, 2.45) is 0 Å². The Morgan fingerprint density at radius 1 is 1.20 bits per heavy atom. The molecular formula is C16H15FN2S. The third kappa shape index (κ3) is 2.51. The zero-order valence-electron chi connectivity index (χ0n) is 11.4. The summed E-state index contributed by atoms with van der Waals surface area (Å²) in [4.78, 5) is 4.44. The molecule has 0 saturated heterocycles. The van der Waals surface area contributed by atoms with Crippen molar-refractivity contribution in [1.29, 1.82) is 0 Å². The Labute approximate surface area is 121 Å². The number of benzene rings is 2. The SMILES string of the molecule is Cc1ccccc1C(C)Nc1nc2cc(F)ccc2s1. The number of fused-ring (bicyclic) bond motifs is 1. The molecule has 3 rings (SSSR count). The summed E-state index contributed by atoms with van der Waals surface area (Å²) in [6, 6.07) is 13.2. The molecule has 1 N–H and O–H groups in total. The van der Waals surface area contributed by atoms with Gasteiger partial charge in [0.25, 0.3) is 0 Å². The number of hydrogen-bond acceptors (Lipinski definition) is 3. The van der Waals surface area contributed by atoms with Crippen molar-refractivity contribution >= 4 is 26.7 Å². The van der Waals surface area contributed by atoms with Gasteiger partial charge >= 0.3 is 0 Å². The third-order valence-corrected chi connectivity index (χ3v) is 4.31. The van der Waals surface area contributed by atoms with Crippen molar-refractivity contribution < 1.29 is 4.39 Å². The van der Waals surface area contributed by atoms with Crippen LogP contribution in [0.25, 0.3) is 10.2 Å². The minimum absolute atomic E-state index is 0.168. The van der Waals surface area contributed by atoms with Gasteiger partial charge in [-0.2, -0.15) is 0 Å². The van der Waals surface area contributed by atoms with Gasteiger partial charge in [-0.25, -0.2) is 9.37 Å². The molecule has 0 amide bonds. The van der Waals surface area contributed by atoms with E-state index in [1.807, 2.05) is 12.1 Å². The first-order valence-corrected chi connectivity index (χ1v) is 7.33. The summed E-state index contributed by atoms with van der Waals surface area (Å²) in [5.41, 5.74) is 3.20. The highest BCUT2D eigenvalue weighted by atomic mass is 32.1. The Bertz CT molecular complexity index is 751. The maximum atomic E-state index is 13.2. The van der Waals surface area contributed by atoms with E-state index in [1.54, 1.807) is 17.4 Å². The zero-order chi connectivity index (χ0) is 14.1. The van der Waals surface area contributed by atoms with E-state index in [1.165, 1.54) is 23.3 Å². The predicted octanol–water partition coefficient (Wildman–Crippen LogP) is 4.92. The maximum Gasteiger partial charge on any atom is 0.184 e. The summed E-state index contributed by atoms with van der Waals surface area (Å²) in [5.74, 6) is -0.249. The van der Waals surface area contributed by atoms with Crippen LogP contribution in [0.1, 0.15) is 24.1 Å². The topological polar surface area (TPSA) is 24.9 Å². The van der Waals surface area contributed by atoms with Gasteiger partial charge in [0.05, 0.1) is 16.3 Å². The summed E-state index contributed by atoms with van der Waals surface area (Å²) in [7, 11) is 0. The van der Waals surface area contributed by atoms with Crippen molar-refractivity contribution in [3.63, 3.8) is 0 Å². The second-order valence-corrected chi connectivity index (χ2v) is 5.88. The van der Waals surface area contributed by atoms with Crippen LogP contribution in [0.4, 0.5) is 9.52 Å². The standard InChI is InChI=1S/C16H15FN2S/c1-10-5-3-4-6-13(10)11(2)18-16-19-14-9-12(17)7-8-15(14)20-16/h3-9,11H,1-2H3,(H,18,19). The van der Waals surface area contributed by atoms with Crippen molar-refractivity contribution in [2.75, 3.05) is 5.32 Å². The largest absolute Gasteiger partial charge is 0.355 e. The Hall–Kier alpha value is -1.94. The van der Waals surface area contributed by atoms with Crippen molar-refractivity contribution in [2.45, 2.75) is 19.9 Å². The summed E-state index contributed by atoms with van der Waals surface area (Å²) in [6.45, 7) is 4.20. The average molecular weight is 286 g/mol. The number of anilines is 1. The van der Waals surface area contributed by atoms with E-state index >= 15 is 0 Å². The van der Waals surface area contributed by atoms with Crippen molar-refractivity contribution in [1.82, 2.24) is 4.98 Å². The fraction of sp³-hybridized carbons (Fsp3) is 0.188. The molecule has 0 saturated carbocycles. The molecule has 102 valence electrons. The predicted molar refractivity (Wildman–Crippen MR) is 82.8 cm³/mol. The van der Waals surface area contributed by atoms with Crippen LogP contribution in [0, 0.1) is 12.7 Å². The minimum Gasteiger partial charge on any atom is -0.355 e. The summed E-state index contributed by atoms with van der Waals surface area (Å²) in [6.07, 6.45) is 0. The lowest BCUT2D eigenvalue weighted by Crippen LogP contribution is -2.07. The smallest absolute Gasteiger partial charge is 0.184 e. The number of aromatic nitrogens is 1. The monoisotopic (exact) mass is 286 g/mol. The second-order valence-electron chi connectivity index (χ2n) is 4.85. The first-order chi connectivity index (χ1) is 9.63. The molecule has 0 radical (unpaired) electrons. The Kier molecular flexibility index (Phi) is 3.40. The molecule has 0 aliphatic rings. The Morgan fingerprint density at radius 2 is 2.00 bits per heavy atom. The van der Waals surface area contributed by atoms with Gasteiger partial charge in [0.2, 0.25) is 0 Å². The molecule has 1 heterocycles. The number of aryl methyl sites for hydroxylation is 1. The molecular weight excluding hydrogens is 271 g/mol. The van der Waals surface area contributed by atoms with Gasteiger partial charge in [-0.05, 0) is 37.1 Å². The average Bonchev–Trinajstić information content (AvgIpc) is 2.80. The lowest BCUT2D eigenvalue weighted by Gasteiger charge is -2.15. The first kappa shape index (κ1) is 13.1. The highest BCUT2D eigenvalue weighted by Crippen LogP contribution is 2.29. The Balaban J connectivity index is 1.87. The van der Waals surface area contributed by atoms with E-state index in [0.717, 1.165) is 9.83 Å². The van der Waals surface area contributed by atoms with Crippen LogP contribution >= 0.6 is 11.3 Å². The van der Waals surface area contributed by atoms with E-state index in [0.29, 0.717) is 5.52 Å². The van der Waals surface area contributed by atoms with E-state index in [2.05, 4.69) is 36.3 Å². The van der Waals surface area contributed by atoms with Crippen molar-refractivity contribution in [3.8, 4) is 0 Å². The molecule has 0 aliphatic carbocycles. The highest BCUT2D eigenvalue weighted by molar-refractivity contribution is 7.22. The van der Waals surface area contributed by atoms with Crippen LogP contribution < -0.4 is 5.32 Å². The van der Waals surface area contributed by atoms with Crippen LogP contribution in [-0.4, -0.2) is 4.98 Å². The van der Waals surface area contributed by atoms with Gasteiger partial charge in [0, 0.05) is 6.07 Å². The van der Waals surface area contributed by atoms with Gasteiger partial charge in [0.15, 0.2) is 5.13 Å². The number of rotatable bonds is 3. The van der Waals surface area contributed by atoms with Crippen LogP contribution in [0.15, 0.2) is 42.5 Å². The highest BCUT2D eigenvalue weighted by Gasteiger charge is 2.11. The quantitative estimate of drug-likeness (QED) is 0.739. The van der Waals surface area contributed by atoms with Gasteiger partial charge in [-0.3, -0.25) is 0 Å². The molecule has 0 fully saturated rings. The number of hydrogen-bond donors (Lipinski definition) is 1. The summed E-state index contributed by atoms with van der Waals surface area (Å²) < 4.78 is 14.2. The summed E-state index contributed by atoms with van der Waals surface area (Å²) >= 11 is 1.55. The normalized spacial score (nSPS) is 12.6. The lowest BCUT2D eigenvalue weighted by atomic mass is 10.0. The minimum atomic E-state index is -0.249. The molecule has 1 aromatic heterocycles. The molecule has 4 heteroatoms. The molecule has 0 spiro atoms. The van der Waals surface area contributed by atoms with Gasteiger partial charge in [-0.15, -0.1) is 0 Å². The lowest BCUT2D eigenvalue weighted by molar-refractivity contribution is 0.629. The van der Waals surface area contributed by atoms with E-state index in [4.69, 9.17) is 0 Å². The van der Waals surface area contributed by atoms with Crippen LogP contribution in [0.5, 0.6) is 0 Å². The molecule has 1 unspecified atom stereocenters. The molecule has 20 heavy (non-hydrogen) atoms. The van der Waals surface area contributed by atoms with E-state index < -0.39 is 0 Å². The number of nitrogens with zero attached hydrogens (tertiary/aromatic N) is 1. The third-order valence-electron chi connectivity index (χ3n) is 3.34. The Morgan fingerprint density at radius 3 is 2.80 bits per heavy atom. The van der Waals surface area contributed by atoms with E-state index in [9.17, 15) is 4.39 Å². The van der Waals surface area contributed by atoms with Crippen LogP contribution in [0.3, 0.4) is 0 Å². The van der Waals surface area contributed by atoms with Gasteiger partial charge < -0.3 is 5.32 Å². The molecule has 2 aromatic carbocycles. The second kappa shape index (κ2) is 5.21. The maximum absolute atomic E-state index is 13.2. The molecule has 0 bridgehead atoms. The van der Waals surface area contributed by atoms with Gasteiger partial charge in [0.1, 0.15) is 5.82 Å². The summed E-state index contributed by atoms with van der Waals surface area (Å²) in [5, 5.41) is 4.21. The first-order valence-electron chi connectivity index (χ1n) is 6.51. The fourth-order valence-corrected chi connectivity index (χ4v) is 3.23. The molecule has 3 aromatic rings. The number of halogens is 1. The zero-order valence-corrected chi connectivity index (χ0v) is 12.2. The van der Waals surface area contributed by atoms with Gasteiger partial charge in [-0.1, -0.05) is 35.6 Å². The molecule has 2 nitrogen and oxygen atoms in total. The van der Waals surface area contributed by atoms with Crippen LogP contribution in [0.2, 0.25) is 0 Å².